The number of carbonyl (C=O) groups excluding carboxylic acids is 1. The van der Waals surface area contributed by atoms with E-state index >= 15 is 0 Å². The zero-order valence-electron chi connectivity index (χ0n) is 16.3. The van der Waals surface area contributed by atoms with Gasteiger partial charge in [0.25, 0.3) is 5.91 Å². The zero-order valence-corrected chi connectivity index (χ0v) is 16.3. The largest absolute Gasteiger partial charge is 0.486 e. The smallest absolute Gasteiger partial charge is 0.260 e. The molecule has 0 bridgehead atoms. The number of nitrogens with zero attached hydrogens (tertiary/aromatic N) is 3. The molecule has 1 aromatic carbocycles. The van der Waals surface area contributed by atoms with Gasteiger partial charge in [-0.1, -0.05) is 24.8 Å². The van der Waals surface area contributed by atoms with Crippen molar-refractivity contribution in [1.29, 1.82) is 0 Å². The molecule has 0 N–H and O–H groups in total. The van der Waals surface area contributed by atoms with Crippen molar-refractivity contribution in [2.45, 2.75) is 39.3 Å². The summed E-state index contributed by atoms with van der Waals surface area (Å²) in [4.78, 5) is 14.5. The lowest BCUT2D eigenvalue weighted by Gasteiger charge is -2.30. The average molecular weight is 369 g/mol. The van der Waals surface area contributed by atoms with Crippen LogP contribution in [0.5, 0.6) is 11.5 Å². The van der Waals surface area contributed by atoms with Gasteiger partial charge in [0.1, 0.15) is 6.61 Å². The Bertz CT molecular complexity index is 820. The summed E-state index contributed by atoms with van der Waals surface area (Å²) in [7, 11) is 0. The van der Waals surface area contributed by atoms with Gasteiger partial charge in [0.2, 0.25) is 0 Å². The fourth-order valence-electron chi connectivity index (χ4n) is 3.19. The van der Waals surface area contributed by atoms with Crippen LogP contribution < -0.4 is 9.47 Å². The van der Waals surface area contributed by atoms with Crippen LogP contribution in [0.4, 0.5) is 0 Å². The number of aromatic nitrogens is 2. The Morgan fingerprint density at radius 3 is 2.63 bits per heavy atom. The van der Waals surface area contributed by atoms with Gasteiger partial charge in [0.15, 0.2) is 18.1 Å². The molecule has 1 aromatic heterocycles. The number of hydrogen-bond donors (Lipinski definition) is 0. The summed E-state index contributed by atoms with van der Waals surface area (Å²) in [5, 5.41) is 4.52. The van der Waals surface area contributed by atoms with Gasteiger partial charge in [-0.25, -0.2) is 0 Å². The quantitative estimate of drug-likeness (QED) is 0.734. The molecule has 1 amide bonds. The highest BCUT2D eigenvalue weighted by Gasteiger charge is 2.27. The first-order chi connectivity index (χ1) is 12.9. The van der Waals surface area contributed by atoms with Crippen LogP contribution >= 0.6 is 0 Å². The molecule has 0 unspecified atom stereocenters. The second-order valence-electron chi connectivity index (χ2n) is 7.60. The predicted molar refractivity (Wildman–Crippen MR) is 104 cm³/mol. The van der Waals surface area contributed by atoms with E-state index in [4.69, 9.17) is 9.47 Å². The molecule has 3 rings (SSSR count). The second-order valence-corrected chi connectivity index (χ2v) is 7.60. The van der Waals surface area contributed by atoms with Gasteiger partial charge in [0.05, 0.1) is 11.7 Å². The number of para-hydroxylation sites is 2. The molecule has 0 saturated heterocycles. The van der Waals surface area contributed by atoms with Crippen LogP contribution in [0.2, 0.25) is 0 Å². The van der Waals surface area contributed by atoms with E-state index in [1.807, 2.05) is 29.3 Å². The van der Waals surface area contributed by atoms with Gasteiger partial charge in [-0.05, 0) is 32.9 Å². The maximum Gasteiger partial charge on any atom is 0.260 e. The molecule has 0 atom stereocenters. The fourth-order valence-corrected chi connectivity index (χ4v) is 3.19. The second kappa shape index (κ2) is 7.86. The molecule has 6 nitrogen and oxygen atoms in total. The molecule has 6 heteroatoms. The number of rotatable bonds is 6. The van der Waals surface area contributed by atoms with E-state index in [0.717, 1.165) is 12.0 Å². The normalized spacial score (nSPS) is 13.8. The summed E-state index contributed by atoms with van der Waals surface area (Å²) in [6.45, 7) is 11.7. The molecule has 0 fully saturated rings. The van der Waals surface area contributed by atoms with Crippen molar-refractivity contribution < 1.29 is 14.3 Å². The predicted octanol–water partition coefficient (Wildman–Crippen LogP) is 3.17. The van der Waals surface area contributed by atoms with Crippen molar-refractivity contribution in [3.05, 3.63) is 54.4 Å². The highest BCUT2D eigenvalue weighted by Crippen LogP contribution is 2.27. The van der Waals surface area contributed by atoms with Gasteiger partial charge in [-0.2, -0.15) is 5.10 Å². The number of carbonyl (C=O) groups is 1. The Morgan fingerprint density at radius 2 is 1.96 bits per heavy atom. The topological polar surface area (TPSA) is 56.6 Å². The van der Waals surface area contributed by atoms with Crippen molar-refractivity contribution in [2.24, 2.45) is 0 Å². The van der Waals surface area contributed by atoms with Crippen LogP contribution in [-0.2, 0) is 23.3 Å². The maximum atomic E-state index is 12.6. The van der Waals surface area contributed by atoms with E-state index in [-0.39, 0.29) is 18.1 Å². The Balaban J connectivity index is 1.62. The zero-order chi connectivity index (χ0) is 19.4. The number of fused-ring (bicyclic) bond motifs is 1. The molecule has 0 aliphatic carbocycles. The van der Waals surface area contributed by atoms with Crippen molar-refractivity contribution in [1.82, 2.24) is 14.7 Å². The van der Waals surface area contributed by atoms with E-state index < -0.39 is 0 Å². The minimum atomic E-state index is -0.0575. The van der Waals surface area contributed by atoms with E-state index in [0.29, 0.717) is 31.2 Å². The third-order valence-corrected chi connectivity index (χ3v) is 4.48. The minimum absolute atomic E-state index is 0.0167. The molecule has 27 heavy (non-hydrogen) atoms. The average Bonchev–Trinajstić information content (AvgIpc) is 3.08. The first-order valence-electron chi connectivity index (χ1n) is 9.19. The van der Waals surface area contributed by atoms with Gasteiger partial charge >= 0.3 is 0 Å². The molecule has 0 spiro atoms. The molecular formula is C21H27N3O3. The van der Waals surface area contributed by atoms with Crippen LogP contribution in [0.15, 0.2) is 43.1 Å². The summed E-state index contributed by atoms with van der Waals surface area (Å²) < 4.78 is 13.4. The Kier molecular flexibility index (Phi) is 5.54. The van der Waals surface area contributed by atoms with E-state index in [1.165, 1.54) is 5.69 Å². The highest BCUT2D eigenvalue weighted by atomic mass is 16.5. The van der Waals surface area contributed by atoms with E-state index in [2.05, 4.69) is 37.1 Å². The third-order valence-electron chi connectivity index (χ3n) is 4.48. The summed E-state index contributed by atoms with van der Waals surface area (Å²) in [6.07, 6.45) is 4.35. The lowest BCUT2D eigenvalue weighted by atomic mass is 10.0. The van der Waals surface area contributed by atoms with Gasteiger partial charge in [0, 0.05) is 30.8 Å². The Labute approximate surface area is 160 Å². The molecular weight excluding hydrogens is 342 g/mol. The summed E-state index contributed by atoms with van der Waals surface area (Å²) >= 11 is 0. The Hall–Kier alpha value is -2.76. The monoisotopic (exact) mass is 369 g/mol. The van der Waals surface area contributed by atoms with Crippen LogP contribution in [0.25, 0.3) is 0 Å². The van der Waals surface area contributed by atoms with E-state index in [1.54, 1.807) is 12.1 Å². The van der Waals surface area contributed by atoms with Gasteiger partial charge in [-0.15, -0.1) is 0 Å². The molecule has 144 valence electrons. The van der Waals surface area contributed by atoms with E-state index in [9.17, 15) is 4.79 Å². The molecule has 1 aliphatic rings. The first-order valence-corrected chi connectivity index (χ1v) is 9.19. The van der Waals surface area contributed by atoms with Gasteiger partial charge < -0.3 is 14.4 Å². The number of amides is 1. The molecule has 1 aliphatic heterocycles. The summed E-state index contributed by atoms with van der Waals surface area (Å²) in [6, 6.07) is 7.34. The van der Waals surface area contributed by atoms with Crippen molar-refractivity contribution >= 4 is 5.91 Å². The van der Waals surface area contributed by atoms with Gasteiger partial charge in [-0.3, -0.25) is 9.48 Å². The lowest BCUT2D eigenvalue weighted by Crippen LogP contribution is -2.40. The minimum Gasteiger partial charge on any atom is -0.486 e. The first kappa shape index (κ1) is 19.0. The third kappa shape index (κ3) is 4.32. The molecule has 0 saturated carbocycles. The van der Waals surface area contributed by atoms with Crippen LogP contribution in [0, 0.1) is 0 Å². The van der Waals surface area contributed by atoms with Crippen molar-refractivity contribution in [2.75, 3.05) is 19.8 Å². The number of hydrogen-bond acceptors (Lipinski definition) is 4. The molecule has 2 heterocycles. The standard InChI is InChI=1S/C21H27N3O3/c1-5-12-26-18-8-6-7-9-19(18)27-15-20(25)23-11-10-17-16(14-23)13-22-24(17)21(2,3)4/h5-9,13H,1,10-12,14-15H2,2-4H3. The number of benzene rings is 1. The van der Waals surface area contributed by atoms with Crippen molar-refractivity contribution in [3.63, 3.8) is 0 Å². The molecule has 2 aromatic rings. The lowest BCUT2D eigenvalue weighted by molar-refractivity contribution is -0.134. The van der Waals surface area contributed by atoms with Crippen LogP contribution in [-0.4, -0.2) is 40.3 Å². The number of ether oxygens (including phenoxy) is 2. The summed E-state index contributed by atoms with van der Waals surface area (Å²) in [5.41, 5.74) is 2.27. The molecule has 0 radical (unpaired) electrons. The maximum absolute atomic E-state index is 12.6. The van der Waals surface area contributed by atoms with Crippen molar-refractivity contribution in [3.8, 4) is 11.5 Å². The SMILES string of the molecule is C=CCOc1ccccc1OCC(=O)N1CCc2c(cnn2C(C)(C)C)C1. The van der Waals surface area contributed by atoms with Crippen LogP contribution in [0.3, 0.4) is 0 Å². The summed E-state index contributed by atoms with van der Waals surface area (Å²) in [5.74, 6) is 1.13. The van der Waals surface area contributed by atoms with Crippen LogP contribution in [0.1, 0.15) is 32.0 Å². The fraction of sp³-hybridized carbons (Fsp3) is 0.429. The Morgan fingerprint density at radius 1 is 1.26 bits per heavy atom. The highest BCUT2D eigenvalue weighted by molar-refractivity contribution is 5.78.